The van der Waals surface area contributed by atoms with Gasteiger partial charge in [-0.2, -0.15) is 0 Å². The van der Waals surface area contributed by atoms with Crippen LogP contribution in [0.25, 0.3) is 0 Å². The Morgan fingerprint density at radius 1 is 1.80 bits per heavy atom. The van der Waals surface area contributed by atoms with Gasteiger partial charge in [-0.3, -0.25) is 0 Å². The fraction of sp³-hybridized carbons (Fsp3) is 1.00. The molecular weight excluding hydrogens is 74.0 g/mol. The Labute approximate surface area is 29.0 Å². The summed E-state index contributed by atoms with van der Waals surface area (Å²) in [6.07, 6.45) is 0. The third kappa shape index (κ3) is 48.0. The second-order valence-electron chi connectivity index (χ2n) is 0.257. The van der Waals surface area contributed by atoms with E-state index < -0.39 is 0 Å². The summed E-state index contributed by atoms with van der Waals surface area (Å²) in [4.78, 5) is 12.3. The monoisotopic (exact) mass is 79.0 g/mol. The first-order valence-corrected chi connectivity index (χ1v) is 0.773. The summed E-state index contributed by atoms with van der Waals surface area (Å²) < 4.78 is 0. The summed E-state index contributed by atoms with van der Waals surface area (Å²) in [6.45, 7) is 0. The van der Waals surface area contributed by atoms with Crippen LogP contribution in [0.4, 0.5) is 0 Å². The Balaban J connectivity index is 0. The van der Waals surface area contributed by atoms with Gasteiger partial charge in [0.25, 0.3) is 0 Å². The zero-order valence-electron chi connectivity index (χ0n) is 2.76. The predicted molar refractivity (Wildman–Crippen MR) is 16.4 cm³/mol. The molecule has 0 unspecified atom stereocenters. The highest BCUT2D eigenvalue weighted by atomic mass is 16.7. The Bertz CT molecular complexity index is 20.9. The second-order valence-corrected chi connectivity index (χ2v) is 0.257. The lowest BCUT2D eigenvalue weighted by Crippen LogP contribution is -1.53. The molecule has 0 saturated carbocycles. The largest absolute Gasteiger partial charge is 0.412 e. The van der Waals surface area contributed by atoms with Crippen LogP contribution >= 0.6 is 0 Å². The zero-order valence-corrected chi connectivity index (χ0v) is 2.76. The van der Waals surface area contributed by atoms with Crippen molar-refractivity contribution in [2.45, 2.75) is 0 Å². The molecule has 0 aliphatic heterocycles. The standard InChI is InChI=1S/CH3NO2.H2O/c1-4-2-3;/h1H3;1H2. The van der Waals surface area contributed by atoms with Crippen LogP contribution in [0.3, 0.4) is 0 Å². The molecule has 4 nitrogen and oxygen atoms in total. The molecule has 0 heterocycles. The van der Waals surface area contributed by atoms with E-state index in [0.29, 0.717) is 0 Å². The topological polar surface area (TPSA) is 70.2 Å². The molecular formula is CH5NO3. The van der Waals surface area contributed by atoms with E-state index in [1.807, 2.05) is 5.34 Å². The van der Waals surface area contributed by atoms with E-state index >= 15 is 0 Å². The van der Waals surface area contributed by atoms with Crippen LogP contribution in [-0.4, -0.2) is 12.6 Å². The molecule has 32 valence electrons. The van der Waals surface area contributed by atoms with Gasteiger partial charge in [0.15, 0.2) is 5.34 Å². The van der Waals surface area contributed by atoms with Gasteiger partial charge in [0, 0.05) is 0 Å². The summed E-state index contributed by atoms with van der Waals surface area (Å²) in [5.41, 5.74) is 0. The summed E-state index contributed by atoms with van der Waals surface area (Å²) in [5.74, 6) is 0. The Morgan fingerprint density at radius 2 is 2.00 bits per heavy atom. The fourth-order valence-corrected chi connectivity index (χ4v) is 0. The molecule has 0 aliphatic rings. The van der Waals surface area contributed by atoms with Crippen molar-refractivity contribution in [3.8, 4) is 0 Å². The third-order valence-electron chi connectivity index (χ3n) is 0.0745. The van der Waals surface area contributed by atoms with Gasteiger partial charge in [-0.25, -0.2) is 0 Å². The van der Waals surface area contributed by atoms with Crippen LogP contribution in [0.5, 0.6) is 0 Å². The maximum atomic E-state index is 8.70. The molecule has 0 aromatic heterocycles. The van der Waals surface area contributed by atoms with Gasteiger partial charge >= 0.3 is 0 Å². The van der Waals surface area contributed by atoms with Gasteiger partial charge in [0.2, 0.25) is 0 Å². The lowest BCUT2D eigenvalue weighted by Gasteiger charge is -1.63. The van der Waals surface area contributed by atoms with Crippen LogP contribution in [0.2, 0.25) is 0 Å². The van der Waals surface area contributed by atoms with Crippen LogP contribution in [0, 0.1) is 4.91 Å². The predicted octanol–water partition coefficient (Wildman–Crippen LogP) is -0.510. The van der Waals surface area contributed by atoms with Crippen molar-refractivity contribution >= 4 is 0 Å². The number of hydrogen-bond donors (Lipinski definition) is 0. The van der Waals surface area contributed by atoms with Gasteiger partial charge in [-0.15, -0.1) is 4.91 Å². The lowest BCUT2D eigenvalue weighted by atomic mass is 11.7. The molecule has 0 amide bonds. The maximum absolute atomic E-state index is 8.70. The van der Waals surface area contributed by atoms with Gasteiger partial charge < -0.3 is 10.3 Å². The van der Waals surface area contributed by atoms with Crippen LogP contribution in [0.15, 0.2) is 5.34 Å². The van der Waals surface area contributed by atoms with Crippen molar-refractivity contribution in [2.75, 3.05) is 7.11 Å². The van der Waals surface area contributed by atoms with E-state index in [-0.39, 0.29) is 5.48 Å². The highest BCUT2D eigenvalue weighted by Gasteiger charge is 1.44. The van der Waals surface area contributed by atoms with Gasteiger partial charge in [0.05, 0.1) is 0 Å². The fourth-order valence-electron chi connectivity index (χ4n) is 0. The number of hydrogen-bond acceptors (Lipinski definition) is 3. The second kappa shape index (κ2) is 10.1. The molecule has 0 aromatic rings. The van der Waals surface area contributed by atoms with E-state index in [2.05, 4.69) is 4.84 Å². The van der Waals surface area contributed by atoms with Crippen molar-refractivity contribution in [1.29, 1.82) is 0 Å². The first kappa shape index (κ1) is 8.84. The summed E-state index contributed by atoms with van der Waals surface area (Å²) in [7, 11) is 1.20. The molecule has 5 heavy (non-hydrogen) atoms. The minimum atomic E-state index is 0. The molecule has 0 atom stereocenters. The molecule has 2 N–H and O–H groups in total. The lowest BCUT2D eigenvalue weighted by molar-refractivity contribution is 0.208. The van der Waals surface area contributed by atoms with Crippen LogP contribution in [0.1, 0.15) is 0 Å². The molecule has 0 aromatic carbocycles. The zero-order chi connectivity index (χ0) is 3.41. The van der Waals surface area contributed by atoms with Gasteiger partial charge in [0.1, 0.15) is 7.11 Å². The molecule has 0 aliphatic carbocycles. The number of rotatable bonds is 1. The Kier molecular flexibility index (Phi) is 17.9. The smallest absolute Gasteiger partial charge is 0.154 e. The minimum Gasteiger partial charge on any atom is -0.412 e. The molecule has 0 rings (SSSR count). The molecule has 0 radical (unpaired) electrons. The summed E-state index contributed by atoms with van der Waals surface area (Å²) in [5, 5.41) is 1.99. The summed E-state index contributed by atoms with van der Waals surface area (Å²) >= 11 is 0. The quantitative estimate of drug-likeness (QED) is 0.313. The molecule has 0 fully saturated rings. The highest BCUT2D eigenvalue weighted by molar-refractivity contribution is 3.90. The molecule has 4 heteroatoms. The molecule has 0 saturated heterocycles. The van der Waals surface area contributed by atoms with Gasteiger partial charge in [-0.1, -0.05) is 0 Å². The van der Waals surface area contributed by atoms with E-state index in [1.165, 1.54) is 7.11 Å². The Morgan fingerprint density at radius 3 is 2.00 bits per heavy atom. The summed E-state index contributed by atoms with van der Waals surface area (Å²) in [6, 6.07) is 0. The van der Waals surface area contributed by atoms with Crippen molar-refractivity contribution < 1.29 is 10.3 Å². The highest BCUT2D eigenvalue weighted by Crippen LogP contribution is 1.52. The van der Waals surface area contributed by atoms with E-state index in [9.17, 15) is 0 Å². The average Bonchev–Trinajstić information content (AvgIpc) is 1.37. The first-order chi connectivity index (χ1) is 1.91. The van der Waals surface area contributed by atoms with E-state index in [1.54, 1.807) is 0 Å². The van der Waals surface area contributed by atoms with E-state index in [4.69, 9.17) is 4.91 Å². The number of nitrogens with zero attached hydrogens (tertiary/aromatic N) is 1. The minimum absolute atomic E-state index is 0. The van der Waals surface area contributed by atoms with Crippen molar-refractivity contribution in [3.05, 3.63) is 4.91 Å². The van der Waals surface area contributed by atoms with Crippen molar-refractivity contribution in [1.82, 2.24) is 0 Å². The average molecular weight is 79.1 g/mol. The van der Waals surface area contributed by atoms with Crippen LogP contribution in [-0.2, 0) is 4.84 Å². The van der Waals surface area contributed by atoms with E-state index in [0.717, 1.165) is 0 Å². The SMILES string of the molecule is CON=O.O. The van der Waals surface area contributed by atoms with Crippen LogP contribution < -0.4 is 0 Å². The molecule has 0 bridgehead atoms. The normalized spacial score (nSPS) is 4.20. The molecule has 0 spiro atoms. The Hall–Kier alpha value is -0.640. The first-order valence-electron chi connectivity index (χ1n) is 0.773. The maximum Gasteiger partial charge on any atom is 0.154 e. The van der Waals surface area contributed by atoms with Gasteiger partial charge in [-0.05, 0) is 0 Å². The van der Waals surface area contributed by atoms with Crippen molar-refractivity contribution in [2.24, 2.45) is 5.34 Å². The van der Waals surface area contributed by atoms with Crippen molar-refractivity contribution in [3.63, 3.8) is 0 Å². The third-order valence-corrected chi connectivity index (χ3v) is 0.0745.